The third-order valence-electron chi connectivity index (χ3n) is 4.53. The molecular formula is C18H17BrO2. The van der Waals surface area contributed by atoms with Crippen LogP contribution < -0.4 is 0 Å². The molecule has 2 nitrogen and oxygen atoms in total. The normalized spacial score (nSPS) is 23.1. The number of hydrogen-bond donors (Lipinski definition) is 0. The van der Waals surface area contributed by atoms with Gasteiger partial charge in [-0.05, 0) is 64.4 Å². The van der Waals surface area contributed by atoms with Crippen LogP contribution in [-0.4, -0.2) is 6.79 Å². The van der Waals surface area contributed by atoms with Crippen molar-refractivity contribution in [1.82, 2.24) is 0 Å². The summed E-state index contributed by atoms with van der Waals surface area (Å²) in [6.07, 6.45) is 13.2. The number of fused-ring (bicyclic) bond motifs is 1. The van der Waals surface area contributed by atoms with Gasteiger partial charge in [-0.25, -0.2) is 0 Å². The molecule has 0 aromatic rings. The highest BCUT2D eigenvalue weighted by Crippen LogP contribution is 2.48. The van der Waals surface area contributed by atoms with Crippen LogP contribution in [0.1, 0.15) is 32.6 Å². The maximum atomic E-state index is 5.61. The van der Waals surface area contributed by atoms with Crippen LogP contribution in [0.4, 0.5) is 0 Å². The van der Waals surface area contributed by atoms with Gasteiger partial charge in [-0.3, -0.25) is 0 Å². The largest absolute Gasteiger partial charge is 0.458 e. The Hall–Kier alpha value is -1.48. The zero-order valence-corrected chi connectivity index (χ0v) is 13.6. The molecule has 0 aromatic heterocycles. The van der Waals surface area contributed by atoms with Crippen LogP contribution in [0.15, 0.2) is 68.2 Å². The fourth-order valence-electron chi connectivity index (χ4n) is 3.41. The smallest absolute Gasteiger partial charge is 0.230 e. The lowest BCUT2D eigenvalue weighted by molar-refractivity contribution is 0.0734. The lowest BCUT2D eigenvalue weighted by atomic mass is 9.92. The van der Waals surface area contributed by atoms with E-state index in [1.807, 2.05) is 0 Å². The summed E-state index contributed by atoms with van der Waals surface area (Å²) in [6.45, 7) is 2.55. The Balaban J connectivity index is 1.63. The molecule has 3 aliphatic carbocycles. The molecule has 0 unspecified atom stereocenters. The van der Waals surface area contributed by atoms with Gasteiger partial charge in [0, 0.05) is 6.42 Å². The Morgan fingerprint density at radius 3 is 2.95 bits per heavy atom. The summed E-state index contributed by atoms with van der Waals surface area (Å²) in [7, 11) is 0. The summed E-state index contributed by atoms with van der Waals surface area (Å²) in [6, 6.07) is 0. The highest BCUT2D eigenvalue weighted by molar-refractivity contribution is 9.12. The van der Waals surface area contributed by atoms with Crippen molar-refractivity contribution in [2.45, 2.75) is 32.6 Å². The first-order valence-corrected chi connectivity index (χ1v) is 8.18. The van der Waals surface area contributed by atoms with Gasteiger partial charge in [0.2, 0.25) is 6.79 Å². The molecule has 108 valence electrons. The van der Waals surface area contributed by atoms with E-state index in [0.717, 1.165) is 41.7 Å². The number of ether oxygens (including phenoxy) is 2. The molecule has 0 fully saturated rings. The lowest BCUT2D eigenvalue weighted by Crippen LogP contribution is -2.02. The van der Waals surface area contributed by atoms with Crippen molar-refractivity contribution in [3.8, 4) is 0 Å². The minimum absolute atomic E-state index is 0.344. The zero-order valence-electron chi connectivity index (χ0n) is 12.0. The van der Waals surface area contributed by atoms with Gasteiger partial charge < -0.3 is 9.47 Å². The summed E-state index contributed by atoms with van der Waals surface area (Å²) in [5.74, 6) is 1.87. The Kier molecular flexibility index (Phi) is 3.18. The molecule has 1 heterocycles. The van der Waals surface area contributed by atoms with Gasteiger partial charge in [-0.15, -0.1) is 0 Å². The first-order chi connectivity index (χ1) is 10.2. The summed E-state index contributed by atoms with van der Waals surface area (Å²) >= 11 is 3.69. The van der Waals surface area contributed by atoms with E-state index < -0.39 is 0 Å². The first kappa shape index (κ1) is 13.2. The number of halogens is 1. The van der Waals surface area contributed by atoms with E-state index in [9.17, 15) is 0 Å². The van der Waals surface area contributed by atoms with Crippen molar-refractivity contribution < 1.29 is 9.47 Å². The van der Waals surface area contributed by atoms with Crippen LogP contribution in [0, 0.1) is 0 Å². The second kappa shape index (κ2) is 5.06. The second-order valence-electron chi connectivity index (χ2n) is 5.80. The Bertz CT molecular complexity index is 699. The molecule has 0 atom stereocenters. The Labute approximate surface area is 133 Å². The predicted molar refractivity (Wildman–Crippen MR) is 86.5 cm³/mol. The molecule has 0 saturated carbocycles. The van der Waals surface area contributed by atoms with E-state index in [4.69, 9.17) is 9.47 Å². The van der Waals surface area contributed by atoms with Gasteiger partial charge in [-0.2, -0.15) is 0 Å². The van der Waals surface area contributed by atoms with Gasteiger partial charge in [0.05, 0.1) is 4.48 Å². The minimum Gasteiger partial charge on any atom is -0.458 e. The standard InChI is InChI=1S/C18H17BrO2/c1-11-8-15-14(9-16-18(17(15)19)21-10-20-16)13(11)7-6-12-4-2-3-5-12/h2-4,8H,5-7,9-10H2,1H3. The second-order valence-corrected chi connectivity index (χ2v) is 6.60. The van der Waals surface area contributed by atoms with Gasteiger partial charge in [0.15, 0.2) is 5.76 Å². The van der Waals surface area contributed by atoms with Crippen LogP contribution in [0.5, 0.6) is 0 Å². The van der Waals surface area contributed by atoms with Crippen molar-refractivity contribution in [2.75, 3.05) is 6.79 Å². The fraction of sp³-hybridized carbons (Fsp3) is 0.333. The van der Waals surface area contributed by atoms with E-state index in [0.29, 0.717) is 6.79 Å². The summed E-state index contributed by atoms with van der Waals surface area (Å²) < 4.78 is 12.2. The highest BCUT2D eigenvalue weighted by Gasteiger charge is 2.33. The Morgan fingerprint density at radius 1 is 1.24 bits per heavy atom. The highest BCUT2D eigenvalue weighted by atomic mass is 79.9. The lowest BCUT2D eigenvalue weighted by Gasteiger charge is -2.17. The van der Waals surface area contributed by atoms with E-state index in [1.165, 1.54) is 27.9 Å². The molecule has 0 radical (unpaired) electrons. The van der Waals surface area contributed by atoms with Crippen molar-refractivity contribution >= 4 is 15.9 Å². The third kappa shape index (κ3) is 2.15. The van der Waals surface area contributed by atoms with Crippen molar-refractivity contribution in [2.24, 2.45) is 0 Å². The summed E-state index contributed by atoms with van der Waals surface area (Å²) in [5, 5.41) is 0. The SMILES string of the molecule is CC1=CC2=C(Br)C3=C(CC2=C1CCC1=CC=CC1)OCO3. The van der Waals surface area contributed by atoms with Gasteiger partial charge in [0.25, 0.3) is 0 Å². The molecule has 0 amide bonds. The molecule has 0 saturated heterocycles. The summed E-state index contributed by atoms with van der Waals surface area (Å²) in [4.78, 5) is 0. The molecule has 3 heteroatoms. The molecule has 0 N–H and O–H groups in total. The van der Waals surface area contributed by atoms with Gasteiger partial charge in [0.1, 0.15) is 5.76 Å². The molecule has 4 rings (SSSR count). The van der Waals surface area contributed by atoms with E-state index in [1.54, 1.807) is 0 Å². The van der Waals surface area contributed by atoms with Crippen molar-refractivity contribution in [3.63, 3.8) is 0 Å². The topological polar surface area (TPSA) is 18.5 Å². The predicted octanol–water partition coefficient (Wildman–Crippen LogP) is 5.18. The molecular weight excluding hydrogens is 328 g/mol. The van der Waals surface area contributed by atoms with Crippen molar-refractivity contribution in [1.29, 1.82) is 0 Å². The minimum atomic E-state index is 0.344. The summed E-state index contributed by atoms with van der Waals surface area (Å²) in [5.41, 5.74) is 7.09. The first-order valence-electron chi connectivity index (χ1n) is 7.38. The average Bonchev–Trinajstić information content (AvgIpc) is 3.17. The van der Waals surface area contributed by atoms with E-state index >= 15 is 0 Å². The van der Waals surface area contributed by atoms with E-state index in [-0.39, 0.29) is 0 Å². The quantitative estimate of drug-likeness (QED) is 0.702. The molecule has 4 aliphatic rings. The maximum absolute atomic E-state index is 5.61. The number of hydrogen-bond acceptors (Lipinski definition) is 2. The zero-order chi connectivity index (χ0) is 14.4. The molecule has 21 heavy (non-hydrogen) atoms. The molecule has 0 spiro atoms. The fourth-order valence-corrected chi connectivity index (χ4v) is 4.09. The van der Waals surface area contributed by atoms with Crippen LogP contribution in [0.3, 0.4) is 0 Å². The van der Waals surface area contributed by atoms with Crippen LogP contribution in [-0.2, 0) is 9.47 Å². The van der Waals surface area contributed by atoms with Crippen LogP contribution in [0.25, 0.3) is 0 Å². The molecule has 0 bridgehead atoms. The Morgan fingerprint density at radius 2 is 2.14 bits per heavy atom. The van der Waals surface area contributed by atoms with Crippen LogP contribution in [0.2, 0.25) is 0 Å². The maximum Gasteiger partial charge on any atom is 0.230 e. The van der Waals surface area contributed by atoms with Crippen LogP contribution >= 0.6 is 15.9 Å². The van der Waals surface area contributed by atoms with Crippen molar-refractivity contribution in [3.05, 3.63) is 68.2 Å². The molecule has 0 aromatic carbocycles. The van der Waals surface area contributed by atoms with Gasteiger partial charge in [-0.1, -0.05) is 29.9 Å². The average molecular weight is 345 g/mol. The number of rotatable bonds is 3. The third-order valence-corrected chi connectivity index (χ3v) is 5.32. The van der Waals surface area contributed by atoms with E-state index in [2.05, 4.69) is 47.2 Å². The monoisotopic (exact) mass is 344 g/mol. The van der Waals surface area contributed by atoms with Gasteiger partial charge >= 0.3 is 0 Å². The molecule has 1 aliphatic heterocycles. The number of allylic oxidation sites excluding steroid dienone is 10.